The number of nitrogens with zero attached hydrogens (tertiary/aromatic N) is 2. The van der Waals surface area contributed by atoms with Crippen molar-refractivity contribution in [2.24, 2.45) is 7.05 Å². The predicted octanol–water partition coefficient (Wildman–Crippen LogP) is 2.77. The van der Waals surface area contributed by atoms with Crippen LogP contribution in [-0.4, -0.2) is 26.1 Å². The van der Waals surface area contributed by atoms with Gasteiger partial charge < -0.3 is 10.4 Å². The van der Waals surface area contributed by atoms with Gasteiger partial charge in [0.2, 0.25) is 5.91 Å². The molecule has 0 saturated heterocycles. The van der Waals surface area contributed by atoms with E-state index in [1.807, 2.05) is 0 Å². The van der Waals surface area contributed by atoms with Crippen LogP contribution in [0.2, 0.25) is 0 Å². The van der Waals surface area contributed by atoms with Crippen LogP contribution in [0.3, 0.4) is 0 Å². The summed E-state index contributed by atoms with van der Waals surface area (Å²) < 4.78 is 15.7. The average molecular weight is 461 g/mol. The standard InChI is InChI=1S/C25H20FN3O5/c1-28-21-10-9-19(27-22(30)12-16-3-2-4-18(26)11-16)13-20(21)23(31)29(25(28)34)14-15-5-7-17(8-6-15)24(32)33/h2-11,13H,12,14H2,1H3,(H,27,30)(H,32,33). The Hall–Kier alpha value is -4.53. The Morgan fingerprint density at radius 1 is 0.971 bits per heavy atom. The molecule has 0 radical (unpaired) electrons. The number of hydrogen-bond acceptors (Lipinski definition) is 4. The van der Waals surface area contributed by atoms with Crippen LogP contribution < -0.4 is 16.6 Å². The van der Waals surface area contributed by atoms with Crippen LogP contribution in [0.5, 0.6) is 0 Å². The molecule has 3 aromatic carbocycles. The summed E-state index contributed by atoms with van der Waals surface area (Å²) in [4.78, 5) is 49.4. The van der Waals surface area contributed by atoms with Gasteiger partial charge in [0, 0.05) is 12.7 Å². The Morgan fingerprint density at radius 2 is 1.71 bits per heavy atom. The minimum atomic E-state index is -1.07. The van der Waals surface area contributed by atoms with Crippen molar-refractivity contribution in [3.63, 3.8) is 0 Å². The molecule has 0 spiro atoms. The first-order valence-electron chi connectivity index (χ1n) is 10.3. The molecule has 34 heavy (non-hydrogen) atoms. The van der Waals surface area contributed by atoms with E-state index in [1.165, 1.54) is 48.0 Å². The molecule has 0 aliphatic heterocycles. The summed E-state index contributed by atoms with van der Waals surface area (Å²) in [6, 6.07) is 16.3. The van der Waals surface area contributed by atoms with Crippen LogP contribution in [0.4, 0.5) is 10.1 Å². The van der Waals surface area contributed by atoms with Crippen LogP contribution in [0.1, 0.15) is 21.5 Å². The first kappa shape index (κ1) is 22.7. The summed E-state index contributed by atoms with van der Waals surface area (Å²) in [7, 11) is 1.54. The van der Waals surface area contributed by atoms with Crippen molar-refractivity contribution in [3.8, 4) is 0 Å². The number of amides is 1. The second-order valence-electron chi connectivity index (χ2n) is 7.82. The molecule has 0 aliphatic rings. The quantitative estimate of drug-likeness (QED) is 0.459. The molecule has 1 aromatic heterocycles. The molecule has 0 bridgehead atoms. The highest BCUT2D eigenvalue weighted by molar-refractivity contribution is 5.94. The summed E-state index contributed by atoms with van der Waals surface area (Å²) in [5.41, 5.74) is 0.892. The summed E-state index contributed by atoms with van der Waals surface area (Å²) in [5, 5.41) is 12.0. The molecule has 4 rings (SSSR count). The van der Waals surface area contributed by atoms with Crippen LogP contribution in [0, 0.1) is 5.82 Å². The Bertz CT molecular complexity index is 1540. The number of aromatic carboxylic acids is 1. The molecule has 0 unspecified atom stereocenters. The van der Waals surface area contributed by atoms with Gasteiger partial charge in [0.05, 0.1) is 29.4 Å². The molecule has 9 heteroatoms. The lowest BCUT2D eigenvalue weighted by atomic mass is 10.1. The number of aryl methyl sites for hydroxylation is 1. The van der Waals surface area contributed by atoms with Crippen molar-refractivity contribution in [2.75, 3.05) is 5.32 Å². The van der Waals surface area contributed by atoms with Crippen molar-refractivity contribution >= 4 is 28.5 Å². The average Bonchev–Trinajstić information content (AvgIpc) is 2.80. The third kappa shape index (κ3) is 4.63. The van der Waals surface area contributed by atoms with Gasteiger partial charge in [0.1, 0.15) is 5.82 Å². The van der Waals surface area contributed by atoms with Gasteiger partial charge in [-0.05, 0) is 53.6 Å². The Balaban J connectivity index is 1.65. The zero-order chi connectivity index (χ0) is 24.4. The number of carboxylic acids is 1. The number of carbonyl (C=O) groups excluding carboxylic acids is 1. The van der Waals surface area contributed by atoms with Crippen LogP contribution in [0.15, 0.2) is 76.3 Å². The first-order valence-corrected chi connectivity index (χ1v) is 10.3. The maximum atomic E-state index is 13.4. The molecule has 8 nitrogen and oxygen atoms in total. The van der Waals surface area contributed by atoms with E-state index in [1.54, 1.807) is 30.3 Å². The third-order valence-electron chi connectivity index (χ3n) is 5.43. The smallest absolute Gasteiger partial charge is 0.335 e. The summed E-state index contributed by atoms with van der Waals surface area (Å²) in [5.74, 6) is -1.89. The fourth-order valence-electron chi connectivity index (χ4n) is 3.71. The molecule has 0 fully saturated rings. The van der Waals surface area contributed by atoms with Gasteiger partial charge in [0.25, 0.3) is 5.56 Å². The van der Waals surface area contributed by atoms with Crippen molar-refractivity contribution in [2.45, 2.75) is 13.0 Å². The minimum Gasteiger partial charge on any atom is -0.478 e. The molecule has 1 amide bonds. The molecule has 0 saturated carbocycles. The maximum Gasteiger partial charge on any atom is 0.335 e. The number of anilines is 1. The second kappa shape index (κ2) is 9.14. The van der Waals surface area contributed by atoms with Crippen molar-refractivity contribution in [3.05, 3.63) is 110 Å². The van der Waals surface area contributed by atoms with E-state index < -0.39 is 23.0 Å². The van der Waals surface area contributed by atoms with Crippen molar-refractivity contribution in [1.82, 2.24) is 9.13 Å². The molecule has 1 heterocycles. The van der Waals surface area contributed by atoms with E-state index in [0.717, 1.165) is 4.57 Å². The van der Waals surface area contributed by atoms with E-state index in [2.05, 4.69) is 5.32 Å². The molecule has 2 N–H and O–H groups in total. The third-order valence-corrected chi connectivity index (χ3v) is 5.43. The normalized spacial score (nSPS) is 10.9. The van der Waals surface area contributed by atoms with Gasteiger partial charge in [0.15, 0.2) is 0 Å². The monoisotopic (exact) mass is 461 g/mol. The SMILES string of the molecule is Cn1c(=O)n(Cc2ccc(C(=O)O)cc2)c(=O)c2cc(NC(=O)Cc3cccc(F)c3)ccc21. The van der Waals surface area contributed by atoms with Gasteiger partial charge in [-0.1, -0.05) is 24.3 Å². The highest BCUT2D eigenvalue weighted by Gasteiger charge is 2.14. The number of rotatable bonds is 6. The van der Waals surface area contributed by atoms with E-state index in [9.17, 15) is 23.6 Å². The summed E-state index contributed by atoms with van der Waals surface area (Å²) in [6.07, 6.45) is -0.0420. The molecule has 172 valence electrons. The number of hydrogen-bond donors (Lipinski definition) is 2. The highest BCUT2D eigenvalue weighted by atomic mass is 19.1. The summed E-state index contributed by atoms with van der Waals surface area (Å²) in [6.45, 7) is -0.0441. The van der Waals surface area contributed by atoms with Gasteiger partial charge in [-0.2, -0.15) is 0 Å². The number of carbonyl (C=O) groups is 2. The Morgan fingerprint density at radius 3 is 2.38 bits per heavy atom. The Kier molecular flexibility index (Phi) is 6.09. The van der Waals surface area contributed by atoms with Gasteiger partial charge in [-0.15, -0.1) is 0 Å². The first-order chi connectivity index (χ1) is 16.2. The number of fused-ring (bicyclic) bond motifs is 1. The summed E-state index contributed by atoms with van der Waals surface area (Å²) >= 11 is 0. The lowest BCUT2D eigenvalue weighted by Crippen LogP contribution is -2.39. The topological polar surface area (TPSA) is 110 Å². The number of benzene rings is 3. The second-order valence-corrected chi connectivity index (χ2v) is 7.82. The molecule has 0 atom stereocenters. The lowest BCUT2D eigenvalue weighted by Gasteiger charge is -2.12. The fourth-order valence-corrected chi connectivity index (χ4v) is 3.71. The largest absolute Gasteiger partial charge is 0.478 e. The fraction of sp³-hybridized carbons (Fsp3) is 0.120. The van der Waals surface area contributed by atoms with E-state index in [-0.39, 0.29) is 29.8 Å². The minimum absolute atomic E-state index is 0.0420. The molecular weight excluding hydrogens is 441 g/mol. The van der Waals surface area contributed by atoms with Crippen molar-refractivity contribution in [1.29, 1.82) is 0 Å². The number of nitrogens with one attached hydrogen (secondary N) is 1. The Labute approximate surface area is 192 Å². The van der Waals surface area contributed by atoms with Gasteiger partial charge >= 0.3 is 11.7 Å². The maximum absolute atomic E-state index is 13.4. The van der Waals surface area contributed by atoms with E-state index in [0.29, 0.717) is 22.3 Å². The predicted molar refractivity (Wildman–Crippen MR) is 125 cm³/mol. The number of carboxylic acid groups (broad SMARTS) is 1. The lowest BCUT2D eigenvalue weighted by molar-refractivity contribution is -0.115. The zero-order valence-electron chi connectivity index (χ0n) is 18.1. The highest BCUT2D eigenvalue weighted by Crippen LogP contribution is 2.16. The molecule has 4 aromatic rings. The van der Waals surface area contributed by atoms with Crippen LogP contribution >= 0.6 is 0 Å². The van der Waals surface area contributed by atoms with Crippen molar-refractivity contribution < 1.29 is 19.1 Å². The van der Waals surface area contributed by atoms with Crippen LogP contribution in [-0.2, 0) is 24.8 Å². The number of halogens is 1. The number of aromatic nitrogens is 2. The molecule has 0 aliphatic carbocycles. The van der Waals surface area contributed by atoms with E-state index in [4.69, 9.17) is 5.11 Å². The zero-order valence-corrected chi connectivity index (χ0v) is 18.1. The van der Waals surface area contributed by atoms with Gasteiger partial charge in [-0.3, -0.25) is 18.7 Å². The van der Waals surface area contributed by atoms with E-state index >= 15 is 0 Å². The van der Waals surface area contributed by atoms with Crippen LogP contribution in [0.25, 0.3) is 10.9 Å². The molecular formula is C25H20FN3O5. The van der Waals surface area contributed by atoms with Gasteiger partial charge in [-0.25, -0.2) is 14.0 Å².